The molecular formula is C26H25F5N4O. The first-order chi connectivity index (χ1) is 17.1. The van der Waals surface area contributed by atoms with Crippen LogP contribution < -0.4 is 16.0 Å². The number of rotatable bonds is 6. The highest BCUT2D eigenvalue weighted by atomic mass is 19.4. The van der Waals surface area contributed by atoms with Crippen LogP contribution >= 0.6 is 0 Å². The summed E-state index contributed by atoms with van der Waals surface area (Å²) in [5.74, 6) is -1.74. The van der Waals surface area contributed by atoms with Crippen molar-refractivity contribution in [2.24, 2.45) is 4.99 Å². The standard InChI is InChI=1S/C26H25F5N4O/c27-18-7-3-16(4-8-18)24(11-1-12-24)34-22(36)20-15-32-23(33-21(20)26(29,30)31)35-25(13-2-14-25)17-5-9-19(28)10-6-17/h3-10,15,23,32,35H,1-2,11-14H2,(H,34,36). The number of amides is 1. The maximum absolute atomic E-state index is 14.0. The number of hydrogen-bond donors (Lipinski definition) is 3. The molecule has 0 radical (unpaired) electrons. The fourth-order valence-corrected chi connectivity index (χ4v) is 5.09. The van der Waals surface area contributed by atoms with E-state index in [0.717, 1.165) is 24.6 Å². The molecule has 0 bridgehead atoms. The third-order valence-corrected chi connectivity index (χ3v) is 7.39. The number of nitrogens with one attached hydrogen (secondary N) is 3. The van der Waals surface area contributed by atoms with E-state index in [9.17, 15) is 26.7 Å². The minimum Gasteiger partial charge on any atom is -0.357 e. The molecule has 0 spiro atoms. The molecule has 3 N–H and O–H groups in total. The van der Waals surface area contributed by atoms with Gasteiger partial charge >= 0.3 is 6.18 Å². The molecule has 0 saturated heterocycles. The van der Waals surface area contributed by atoms with E-state index < -0.39 is 52.4 Å². The number of carbonyl (C=O) groups is 1. The Morgan fingerprint density at radius 2 is 1.36 bits per heavy atom. The van der Waals surface area contributed by atoms with Crippen molar-refractivity contribution in [1.82, 2.24) is 16.0 Å². The summed E-state index contributed by atoms with van der Waals surface area (Å²) >= 11 is 0. The molecule has 36 heavy (non-hydrogen) atoms. The van der Waals surface area contributed by atoms with Crippen LogP contribution in [0.15, 0.2) is 65.3 Å². The van der Waals surface area contributed by atoms with Gasteiger partial charge in [0.25, 0.3) is 5.91 Å². The van der Waals surface area contributed by atoms with Gasteiger partial charge in [0, 0.05) is 11.7 Å². The van der Waals surface area contributed by atoms with Crippen LogP contribution in [0.4, 0.5) is 22.0 Å². The van der Waals surface area contributed by atoms with Crippen LogP contribution in [-0.4, -0.2) is 24.1 Å². The van der Waals surface area contributed by atoms with E-state index in [1.165, 1.54) is 36.4 Å². The van der Waals surface area contributed by atoms with Crippen molar-refractivity contribution in [1.29, 1.82) is 0 Å². The van der Waals surface area contributed by atoms with E-state index in [4.69, 9.17) is 0 Å². The van der Waals surface area contributed by atoms with E-state index >= 15 is 0 Å². The van der Waals surface area contributed by atoms with E-state index in [0.29, 0.717) is 31.2 Å². The van der Waals surface area contributed by atoms with Gasteiger partial charge in [-0.1, -0.05) is 24.3 Å². The molecule has 2 fully saturated rings. The topological polar surface area (TPSA) is 65.5 Å². The van der Waals surface area contributed by atoms with Gasteiger partial charge in [0.1, 0.15) is 11.6 Å². The van der Waals surface area contributed by atoms with Crippen LogP contribution in [0.25, 0.3) is 0 Å². The van der Waals surface area contributed by atoms with Gasteiger partial charge in [-0.15, -0.1) is 0 Å². The Hall–Kier alpha value is -3.27. The fraction of sp³-hybridized carbons (Fsp3) is 0.385. The number of carbonyl (C=O) groups excluding carboxylic acids is 1. The first kappa shape index (κ1) is 24.4. The monoisotopic (exact) mass is 504 g/mol. The molecule has 5 rings (SSSR count). The van der Waals surface area contributed by atoms with Gasteiger partial charge < -0.3 is 10.6 Å². The summed E-state index contributed by atoms with van der Waals surface area (Å²) in [5, 5.41) is 8.66. The molecule has 190 valence electrons. The van der Waals surface area contributed by atoms with E-state index in [1.54, 1.807) is 12.1 Å². The molecule has 1 heterocycles. The number of aliphatic imine (C=N–C) groups is 1. The van der Waals surface area contributed by atoms with Crippen LogP contribution in [0, 0.1) is 11.6 Å². The van der Waals surface area contributed by atoms with Gasteiger partial charge in [-0.05, 0) is 73.9 Å². The molecular weight excluding hydrogens is 479 g/mol. The van der Waals surface area contributed by atoms with Crippen molar-refractivity contribution in [3.8, 4) is 0 Å². The van der Waals surface area contributed by atoms with Crippen LogP contribution in [0.5, 0.6) is 0 Å². The minimum atomic E-state index is -4.86. The number of halogens is 5. The summed E-state index contributed by atoms with van der Waals surface area (Å²) in [6, 6.07) is 11.5. The quantitative estimate of drug-likeness (QED) is 0.491. The van der Waals surface area contributed by atoms with Crippen molar-refractivity contribution < 1.29 is 26.7 Å². The molecule has 5 nitrogen and oxygen atoms in total. The lowest BCUT2D eigenvalue weighted by atomic mass is 9.71. The zero-order valence-corrected chi connectivity index (χ0v) is 19.3. The molecule has 2 aliphatic carbocycles. The Balaban J connectivity index is 1.37. The Kier molecular flexibility index (Phi) is 6.10. The molecule has 10 heteroatoms. The number of benzene rings is 2. The fourth-order valence-electron chi connectivity index (χ4n) is 5.09. The Morgan fingerprint density at radius 1 is 0.861 bits per heavy atom. The molecule has 1 aliphatic heterocycles. The van der Waals surface area contributed by atoms with Crippen LogP contribution in [-0.2, 0) is 15.9 Å². The molecule has 0 aromatic heterocycles. The molecule has 1 amide bonds. The average Bonchev–Trinajstić information content (AvgIpc) is 2.79. The lowest BCUT2D eigenvalue weighted by Gasteiger charge is -2.45. The summed E-state index contributed by atoms with van der Waals surface area (Å²) in [7, 11) is 0. The molecule has 2 saturated carbocycles. The summed E-state index contributed by atoms with van der Waals surface area (Å²) in [6.07, 6.45) is -0.919. The molecule has 1 unspecified atom stereocenters. The SMILES string of the molecule is O=C(NC1(c2ccc(F)cc2)CCC1)C1=CNC(NC2(c3ccc(F)cc3)CCC2)N=C1C(F)(F)F. The predicted octanol–water partition coefficient (Wildman–Crippen LogP) is 4.90. The number of nitrogens with zero attached hydrogens (tertiary/aromatic N) is 1. The first-order valence-corrected chi connectivity index (χ1v) is 11.8. The van der Waals surface area contributed by atoms with Crippen molar-refractivity contribution >= 4 is 11.6 Å². The smallest absolute Gasteiger partial charge is 0.357 e. The number of alkyl halides is 3. The maximum atomic E-state index is 14.0. The predicted molar refractivity (Wildman–Crippen MR) is 124 cm³/mol. The Bertz CT molecular complexity index is 1200. The Labute approximate surface area is 204 Å². The largest absolute Gasteiger partial charge is 0.433 e. The van der Waals surface area contributed by atoms with Crippen molar-refractivity contribution in [3.05, 3.63) is 83.1 Å². The molecule has 1 atom stereocenters. The first-order valence-electron chi connectivity index (χ1n) is 11.8. The van der Waals surface area contributed by atoms with Gasteiger partial charge in [-0.2, -0.15) is 13.2 Å². The van der Waals surface area contributed by atoms with Gasteiger partial charge in [-0.3, -0.25) is 10.1 Å². The number of hydrogen-bond acceptors (Lipinski definition) is 4. The average molecular weight is 505 g/mol. The van der Waals surface area contributed by atoms with E-state index in [2.05, 4.69) is 20.9 Å². The summed E-state index contributed by atoms with van der Waals surface area (Å²) in [4.78, 5) is 16.9. The van der Waals surface area contributed by atoms with E-state index in [-0.39, 0.29) is 0 Å². The zero-order valence-electron chi connectivity index (χ0n) is 19.3. The van der Waals surface area contributed by atoms with Gasteiger partial charge in [-0.25, -0.2) is 13.8 Å². The minimum absolute atomic E-state index is 0.398. The summed E-state index contributed by atoms with van der Waals surface area (Å²) < 4.78 is 68.8. The third kappa shape index (κ3) is 4.50. The highest BCUT2D eigenvalue weighted by molar-refractivity contribution is 6.24. The van der Waals surface area contributed by atoms with Gasteiger partial charge in [0.05, 0.1) is 11.1 Å². The van der Waals surface area contributed by atoms with Gasteiger partial charge in [0.15, 0.2) is 12.0 Å². The van der Waals surface area contributed by atoms with Crippen LogP contribution in [0.1, 0.15) is 49.7 Å². The lowest BCUT2D eigenvalue weighted by molar-refractivity contribution is -0.120. The third-order valence-electron chi connectivity index (χ3n) is 7.39. The van der Waals surface area contributed by atoms with Crippen LogP contribution in [0.3, 0.4) is 0 Å². The normalized spacial score (nSPS) is 22.3. The highest BCUT2D eigenvalue weighted by Gasteiger charge is 2.47. The molecule has 3 aliphatic rings. The molecule has 2 aromatic rings. The van der Waals surface area contributed by atoms with Crippen molar-refractivity contribution in [2.75, 3.05) is 0 Å². The summed E-state index contributed by atoms with van der Waals surface area (Å²) in [6.45, 7) is 0. The van der Waals surface area contributed by atoms with Crippen molar-refractivity contribution in [3.63, 3.8) is 0 Å². The Morgan fingerprint density at radius 3 is 1.81 bits per heavy atom. The summed E-state index contributed by atoms with van der Waals surface area (Å²) in [5.41, 5.74) is -1.98. The highest BCUT2D eigenvalue weighted by Crippen LogP contribution is 2.43. The molecule has 2 aromatic carbocycles. The van der Waals surface area contributed by atoms with Crippen molar-refractivity contribution in [2.45, 2.75) is 62.1 Å². The lowest BCUT2D eigenvalue weighted by Crippen LogP contribution is -2.58. The second kappa shape index (κ2) is 8.99. The van der Waals surface area contributed by atoms with Crippen LogP contribution in [0.2, 0.25) is 0 Å². The maximum Gasteiger partial charge on any atom is 0.433 e. The van der Waals surface area contributed by atoms with E-state index in [1.807, 2.05) is 0 Å². The van der Waals surface area contributed by atoms with Gasteiger partial charge in [0.2, 0.25) is 0 Å². The second-order valence-corrected chi connectivity index (χ2v) is 9.59. The second-order valence-electron chi connectivity index (χ2n) is 9.59. The zero-order chi connectivity index (χ0) is 25.6.